The quantitative estimate of drug-likeness (QED) is 0.461. The van der Waals surface area contributed by atoms with Crippen LogP contribution in [0, 0.1) is 0 Å². The maximum absolute atomic E-state index is 10.6. The SMILES string of the molecule is CCCCCCCCCCCCCOC(=O)N=S. The summed E-state index contributed by atoms with van der Waals surface area (Å²) in [5, 5.41) is 0. The Hall–Kier alpha value is -0.510. The molecule has 0 aromatic heterocycles. The zero-order chi connectivity index (χ0) is 13.5. The summed E-state index contributed by atoms with van der Waals surface area (Å²) in [7, 11) is 0. The summed E-state index contributed by atoms with van der Waals surface area (Å²) in [4.78, 5) is 10.6. The lowest BCUT2D eigenvalue weighted by Crippen LogP contribution is -1.99. The molecule has 3 nitrogen and oxygen atoms in total. The normalized spacial score (nSPS) is 10.3. The van der Waals surface area contributed by atoms with Crippen LogP contribution >= 0.6 is 0 Å². The fraction of sp³-hybridized carbons (Fsp3) is 0.929. The van der Waals surface area contributed by atoms with E-state index in [1.165, 1.54) is 57.8 Å². The highest BCUT2D eigenvalue weighted by molar-refractivity contribution is 7.47. The first kappa shape index (κ1) is 17.5. The van der Waals surface area contributed by atoms with Crippen LogP contribution in [-0.2, 0) is 17.2 Å². The highest BCUT2D eigenvalue weighted by Gasteiger charge is 1.97. The van der Waals surface area contributed by atoms with Gasteiger partial charge < -0.3 is 4.74 Å². The molecule has 0 aromatic rings. The molecule has 1 amide bonds. The van der Waals surface area contributed by atoms with E-state index in [9.17, 15) is 4.79 Å². The van der Waals surface area contributed by atoms with Crippen LogP contribution in [-0.4, -0.2) is 12.7 Å². The number of carbonyl (C=O) groups is 1. The molecule has 0 spiro atoms. The van der Waals surface area contributed by atoms with Crippen LogP contribution in [0.15, 0.2) is 4.36 Å². The van der Waals surface area contributed by atoms with Crippen molar-refractivity contribution in [3.63, 3.8) is 0 Å². The first-order chi connectivity index (χ1) is 8.81. The summed E-state index contributed by atoms with van der Waals surface area (Å²) >= 11 is 4.21. The van der Waals surface area contributed by atoms with Crippen LogP contribution < -0.4 is 0 Å². The van der Waals surface area contributed by atoms with E-state index in [-0.39, 0.29) is 0 Å². The molecule has 0 saturated heterocycles. The van der Waals surface area contributed by atoms with Crippen molar-refractivity contribution in [2.75, 3.05) is 6.61 Å². The van der Waals surface area contributed by atoms with Crippen LogP contribution in [0.1, 0.15) is 77.6 Å². The summed E-state index contributed by atoms with van der Waals surface area (Å²) in [5.74, 6) is 0. The molecule has 0 atom stereocenters. The van der Waals surface area contributed by atoms with Gasteiger partial charge in [-0.25, -0.2) is 4.79 Å². The number of rotatable bonds is 12. The van der Waals surface area contributed by atoms with Crippen molar-refractivity contribution in [2.24, 2.45) is 4.36 Å². The Kier molecular flexibility index (Phi) is 14.1. The fourth-order valence-electron chi connectivity index (χ4n) is 1.95. The average molecular weight is 273 g/mol. The number of nitrogens with zero attached hydrogens (tertiary/aromatic N) is 1. The van der Waals surface area contributed by atoms with Crippen molar-refractivity contribution >= 4 is 18.5 Å². The molecule has 0 aromatic carbocycles. The fourth-order valence-corrected chi connectivity index (χ4v) is 2.00. The van der Waals surface area contributed by atoms with Crippen molar-refractivity contribution < 1.29 is 9.53 Å². The van der Waals surface area contributed by atoms with Gasteiger partial charge in [-0.2, -0.15) is 0 Å². The lowest BCUT2D eigenvalue weighted by atomic mass is 10.1. The Morgan fingerprint density at radius 3 is 1.78 bits per heavy atom. The molecule has 0 rings (SSSR count). The predicted molar refractivity (Wildman–Crippen MR) is 77.6 cm³/mol. The molecular formula is C14H27NO2S. The third kappa shape index (κ3) is 13.6. The number of ether oxygens (including phenoxy) is 1. The second kappa shape index (κ2) is 14.6. The highest BCUT2D eigenvalue weighted by atomic mass is 32.1. The molecule has 0 aliphatic rings. The van der Waals surface area contributed by atoms with Gasteiger partial charge in [0.05, 0.1) is 6.61 Å². The van der Waals surface area contributed by atoms with E-state index in [0.717, 1.165) is 12.8 Å². The van der Waals surface area contributed by atoms with Crippen molar-refractivity contribution in [1.82, 2.24) is 0 Å². The molecule has 0 unspecified atom stereocenters. The summed E-state index contributed by atoms with van der Waals surface area (Å²) in [6.07, 6.45) is 13.6. The molecular weight excluding hydrogens is 246 g/mol. The van der Waals surface area contributed by atoms with Gasteiger partial charge in [-0.3, -0.25) is 0 Å². The number of hydrogen-bond acceptors (Lipinski definition) is 3. The van der Waals surface area contributed by atoms with Crippen LogP contribution in [0.2, 0.25) is 0 Å². The summed E-state index contributed by atoms with van der Waals surface area (Å²) < 4.78 is 7.76. The monoisotopic (exact) mass is 273 g/mol. The van der Waals surface area contributed by atoms with Crippen LogP contribution in [0.5, 0.6) is 0 Å². The van der Waals surface area contributed by atoms with Crippen LogP contribution in [0.3, 0.4) is 0 Å². The van der Waals surface area contributed by atoms with Crippen molar-refractivity contribution in [3.05, 3.63) is 0 Å². The molecule has 0 bridgehead atoms. The topological polar surface area (TPSA) is 38.7 Å². The van der Waals surface area contributed by atoms with Gasteiger partial charge in [0.25, 0.3) is 0 Å². The van der Waals surface area contributed by atoms with Crippen LogP contribution in [0.25, 0.3) is 0 Å². The number of unbranched alkanes of at least 4 members (excludes halogenated alkanes) is 10. The smallest absolute Gasteiger partial charge is 0.445 e. The van der Waals surface area contributed by atoms with Gasteiger partial charge in [-0.15, -0.1) is 4.36 Å². The van der Waals surface area contributed by atoms with Gasteiger partial charge in [-0.1, -0.05) is 71.1 Å². The first-order valence-electron chi connectivity index (χ1n) is 7.31. The predicted octanol–water partition coefficient (Wildman–Crippen LogP) is 5.16. The van der Waals surface area contributed by atoms with E-state index < -0.39 is 6.09 Å². The average Bonchev–Trinajstić information content (AvgIpc) is 2.39. The molecule has 0 aliphatic carbocycles. The van der Waals surface area contributed by atoms with Crippen LogP contribution in [0.4, 0.5) is 4.79 Å². The van der Waals surface area contributed by atoms with E-state index in [1.54, 1.807) is 0 Å². The molecule has 106 valence electrons. The highest BCUT2D eigenvalue weighted by Crippen LogP contribution is 2.11. The Labute approximate surface area is 117 Å². The van der Waals surface area contributed by atoms with Gasteiger partial charge in [0.1, 0.15) is 0 Å². The van der Waals surface area contributed by atoms with E-state index in [4.69, 9.17) is 4.74 Å². The third-order valence-corrected chi connectivity index (χ3v) is 3.20. The van der Waals surface area contributed by atoms with Crippen molar-refractivity contribution in [1.29, 1.82) is 0 Å². The van der Waals surface area contributed by atoms with Gasteiger partial charge in [0.2, 0.25) is 0 Å². The Balaban J connectivity index is 2.98. The van der Waals surface area contributed by atoms with E-state index in [2.05, 4.69) is 23.7 Å². The maximum Gasteiger partial charge on any atom is 0.445 e. The zero-order valence-corrected chi connectivity index (χ0v) is 12.5. The zero-order valence-electron chi connectivity index (χ0n) is 11.7. The van der Waals surface area contributed by atoms with E-state index in [0.29, 0.717) is 6.61 Å². The molecule has 18 heavy (non-hydrogen) atoms. The Morgan fingerprint density at radius 2 is 1.33 bits per heavy atom. The summed E-state index contributed by atoms with van der Waals surface area (Å²) in [5.41, 5.74) is 0. The number of carbonyl (C=O) groups excluding carboxylic acids is 1. The minimum absolute atomic E-state index is 0.454. The van der Waals surface area contributed by atoms with Crippen molar-refractivity contribution in [2.45, 2.75) is 77.6 Å². The number of hydrogen-bond donors (Lipinski definition) is 0. The van der Waals surface area contributed by atoms with Gasteiger partial charge >= 0.3 is 6.09 Å². The standard InChI is InChI=1S/C14H27NO2S/c1-2-3-4-5-6-7-8-9-10-11-12-13-17-14(16)15-18/h2-13H2,1H3. The molecule has 0 saturated carbocycles. The Bertz CT molecular complexity index is 210. The van der Waals surface area contributed by atoms with Gasteiger partial charge in [0, 0.05) is 12.4 Å². The molecule has 0 N–H and O–H groups in total. The molecule has 0 heterocycles. The van der Waals surface area contributed by atoms with Crippen molar-refractivity contribution in [3.8, 4) is 0 Å². The van der Waals surface area contributed by atoms with E-state index >= 15 is 0 Å². The largest absolute Gasteiger partial charge is 0.447 e. The molecule has 0 aliphatic heterocycles. The van der Waals surface area contributed by atoms with Gasteiger partial charge in [-0.05, 0) is 6.42 Å². The maximum atomic E-state index is 10.6. The number of amides is 1. The molecule has 0 fully saturated rings. The third-order valence-electron chi connectivity index (χ3n) is 3.05. The molecule has 0 radical (unpaired) electrons. The minimum Gasteiger partial charge on any atom is -0.447 e. The summed E-state index contributed by atoms with van der Waals surface area (Å²) in [6, 6.07) is 0. The molecule has 4 heteroatoms. The first-order valence-corrected chi connectivity index (χ1v) is 7.68. The van der Waals surface area contributed by atoms with E-state index in [1.807, 2.05) is 0 Å². The lowest BCUT2D eigenvalue weighted by Gasteiger charge is -2.02. The second-order valence-electron chi connectivity index (χ2n) is 4.74. The second-order valence-corrected chi connectivity index (χ2v) is 4.92. The summed E-state index contributed by atoms with van der Waals surface area (Å²) in [6.45, 7) is 2.70. The Morgan fingerprint density at radius 1 is 0.889 bits per heavy atom. The minimum atomic E-state index is -0.628. The lowest BCUT2D eigenvalue weighted by molar-refractivity contribution is 0.155. The van der Waals surface area contributed by atoms with Gasteiger partial charge in [0.15, 0.2) is 0 Å².